The smallest absolute Gasteiger partial charge is 0.120 e. The second-order valence-electron chi connectivity index (χ2n) is 3.82. The molecule has 1 atom stereocenters. The molecular weight excluding hydrogens is 190 g/mol. The lowest BCUT2D eigenvalue weighted by atomic mass is 10.2. The van der Waals surface area contributed by atoms with Crippen molar-refractivity contribution in [2.45, 2.75) is 13.0 Å². The molecular formula is C12H17NO2. The maximum Gasteiger partial charge on any atom is 0.120 e. The zero-order chi connectivity index (χ0) is 10.7. The maximum atomic E-state index is 5.42. The molecule has 1 aliphatic rings. The summed E-state index contributed by atoms with van der Waals surface area (Å²) in [5.41, 5.74) is 1.21. The van der Waals surface area contributed by atoms with E-state index < -0.39 is 0 Å². The van der Waals surface area contributed by atoms with Gasteiger partial charge in [-0.1, -0.05) is 6.07 Å². The Kier molecular flexibility index (Phi) is 3.11. The van der Waals surface area contributed by atoms with Gasteiger partial charge in [-0.25, -0.2) is 0 Å². The third-order valence-corrected chi connectivity index (χ3v) is 2.75. The average Bonchev–Trinajstić information content (AvgIpc) is 2.30. The molecule has 0 aliphatic carbocycles. The first-order chi connectivity index (χ1) is 7.31. The van der Waals surface area contributed by atoms with E-state index in [1.165, 1.54) is 5.69 Å². The Bertz CT molecular complexity index is 327. The Hall–Kier alpha value is -1.22. The van der Waals surface area contributed by atoms with Crippen LogP contribution in [-0.4, -0.2) is 32.9 Å². The van der Waals surface area contributed by atoms with E-state index >= 15 is 0 Å². The first-order valence-electron chi connectivity index (χ1n) is 5.29. The number of hydrogen-bond donors (Lipinski definition) is 0. The molecule has 3 nitrogen and oxygen atoms in total. The van der Waals surface area contributed by atoms with Gasteiger partial charge in [-0.3, -0.25) is 0 Å². The molecule has 0 unspecified atom stereocenters. The van der Waals surface area contributed by atoms with Gasteiger partial charge in [0.05, 0.1) is 20.3 Å². The topological polar surface area (TPSA) is 21.7 Å². The van der Waals surface area contributed by atoms with Crippen molar-refractivity contribution in [2.24, 2.45) is 0 Å². The van der Waals surface area contributed by atoms with E-state index in [-0.39, 0.29) is 0 Å². The van der Waals surface area contributed by atoms with Crippen LogP contribution in [0.25, 0.3) is 0 Å². The van der Waals surface area contributed by atoms with Crippen molar-refractivity contribution in [3.8, 4) is 5.75 Å². The molecule has 3 heteroatoms. The number of rotatable bonds is 2. The van der Waals surface area contributed by atoms with Gasteiger partial charge in [0.15, 0.2) is 0 Å². The third-order valence-electron chi connectivity index (χ3n) is 2.75. The molecule has 1 heterocycles. The summed E-state index contributed by atoms with van der Waals surface area (Å²) in [5.74, 6) is 0.909. The number of morpholine rings is 1. The molecule has 0 radical (unpaired) electrons. The van der Waals surface area contributed by atoms with E-state index in [2.05, 4.69) is 24.0 Å². The molecule has 15 heavy (non-hydrogen) atoms. The number of hydrogen-bond acceptors (Lipinski definition) is 3. The van der Waals surface area contributed by atoms with Crippen LogP contribution in [0.4, 0.5) is 5.69 Å². The van der Waals surface area contributed by atoms with Gasteiger partial charge in [0.25, 0.3) is 0 Å². The van der Waals surface area contributed by atoms with Crippen molar-refractivity contribution >= 4 is 5.69 Å². The fourth-order valence-electron chi connectivity index (χ4n) is 1.90. The lowest BCUT2D eigenvalue weighted by molar-refractivity contribution is 0.0989. The average molecular weight is 207 g/mol. The van der Waals surface area contributed by atoms with E-state index in [9.17, 15) is 0 Å². The molecule has 0 amide bonds. The van der Waals surface area contributed by atoms with Gasteiger partial charge >= 0.3 is 0 Å². The van der Waals surface area contributed by atoms with Crippen molar-refractivity contribution < 1.29 is 9.47 Å². The molecule has 0 N–H and O–H groups in total. The highest BCUT2D eigenvalue weighted by Crippen LogP contribution is 2.23. The number of ether oxygens (including phenoxy) is 2. The van der Waals surface area contributed by atoms with Crippen LogP contribution in [0, 0.1) is 0 Å². The Morgan fingerprint density at radius 3 is 3.07 bits per heavy atom. The van der Waals surface area contributed by atoms with E-state index in [1.54, 1.807) is 7.11 Å². The van der Waals surface area contributed by atoms with E-state index in [0.29, 0.717) is 6.04 Å². The summed E-state index contributed by atoms with van der Waals surface area (Å²) >= 11 is 0. The largest absolute Gasteiger partial charge is 0.497 e. The second kappa shape index (κ2) is 4.53. The van der Waals surface area contributed by atoms with Crippen LogP contribution in [0.5, 0.6) is 5.75 Å². The van der Waals surface area contributed by atoms with Gasteiger partial charge < -0.3 is 14.4 Å². The Balaban J connectivity index is 2.19. The van der Waals surface area contributed by atoms with Crippen LogP contribution in [0.15, 0.2) is 24.3 Å². The minimum atomic E-state index is 0.436. The first-order valence-corrected chi connectivity index (χ1v) is 5.29. The van der Waals surface area contributed by atoms with Gasteiger partial charge in [-0.2, -0.15) is 0 Å². The summed E-state index contributed by atoms with van der Waals surface area (Å²) in [6.07, 6.45) is 0. The molecule has 1 fully saturated rings. The predicted molar refractivity (Wildman–Crippen MR) is 60.6 cm³/mol. The molecule has 0 spiro atoms. The van der Waals surface area contributed by atoms with Crippen LogP contribution in [-0.2, 0) is 4.74 Å². The molecule has 0 saturated carbocycles. The van der Waals surface area contributed by atoms with Crippen molar-refractivity contribution in [3.05, 3.63) is 24.3 Å². The number of nitrogens with zero attached hydrogens (tertiary/aromatic N) is 1. The predicted octanol–water partition coefficient (Wildman–Crippen LogP) is 1.92. The van der Waals surface area contributed by atoms with Gasteiger partial charge in [0.2, 0.25) is 0 Å². The molecule has 0 bridgehead atoms. The molecule has 2 rings (SSSR count). The van der Waals surface area contributed by atoms with E-state index in [4.69, 9.17) is 9.47 Å². The van der Waals surface area contributed by atoms with Gasteiger partial charge in [-0.15, -0.1) is 0 Å². The van der Waals surface area contributed by atoms with Gasteiger partial charge in [0, 0.05) is 24.3 Å². The Morgan fingerprint density at radius 2 is 2.33 bits per heavy atom. The highest BCUT2D eigenvalue weighted by atomic mass is 16.5. The molecule has 1 aromatic carbocycles. The minimum Gasteiger partial charge on any atom is -0.497 e. The van der Waals surface area contributed by atoms with Gasteiger partial charge in [0.1, 0.15) is 5.75 Å². The fraction of sp³-hybridized carbons (Fsp3) is 0.500. The number of benzene rings is 1. The Labute approximate surface area is 90.6 Å². The summed E-state index contributed by atoms with van der Waals surface area (Å²) in [4.78, 5) is 2.35. The number of methoxy groups -OCH3 is 1. The summed E-state index contributed by atoms with van der Waals surface area (Å²) in [7, 11) is 1.70. The van der Waals surface area contributed by atoms with Crippen molar-refractivity contribution in [2.75, 3.05) is 31.8 Å². The van der Waals surface area contributed by atoms with Crippen LogP contribution < -0.4 is 9.64 Å². The second-order valence-corrected chi connectivity index (χ2v) is 3.82. The van der Waals surface area contributed by atoms with Crippen LogP contribution in [0.2, 0.25) is 0 Å². The highest BCUT2D eigenvalue weighted by Gasteiger charge is 2.18. The normalized spacial score (nSPS) is 21.5. The molecule has 1 saturated heterocycles. The van der Waals surface area contributed by atoms with E-state index in [0.717, 1.165) is 25.5 Å². The summed E-state index contributed by atoms with van der Waals surface area (Å²) in [6, 6.07) is 8.61. The van der Waals surface area contributed by atoms with Crippen molar-refractivity contribution in [1.82, 2.24) is 0 Å². The van der Waals surface area contributed by atoms with Crippen LogP contribution >= 0.6 is 0 Å². The summed E-state index contributed by atoms with van der Waals surface area (Å²) in [5, 5.41) is 0. The van der Waals surface area contributed by atoms with Crippen molar-refractivity contribution in [3.63, 3.8) is 0 Å². The zero-order valence-electron chi connectivity index (χ0n) is 9.27. The van der Waals surface area contributed by atoms with Crippen molar-refractivity contribution in [1.29, 1.82) is 0 Å². The molecule has 82 valence electrons. The maximum absolute atomic E-state index is 5.42. The first kappa shape index (κ1) is 10.3. The molecule has 1 aliphatic heterocycles. The summed E-state index contributed by atoms with van der Waals surface area (Å²) < 4.78 is 10.6. The molecule has 1 aromatic rings. The highest BCUT2D eigenvalue weighted by molar-refractivity contribution is 5.51. The van der Waals surface area contributed by atoms with Gasteiger partial charge in [-0.05, 0) is 19.1 Å². The zero-order valence-corrected chi connectivity index (χ0v) is 9.27. The van der Waals surface area contributed by atoms with E-state index in [1.807, 2.05) is 12.1 Å². The lowest BCUT2D eigenvalue weighted by Gasteiger charge is -2.35. The van der Waals surface area contributed by atoms with Crippen LogP contribution in [0.1, 0.15) is 6.92 Å². The quantitative estimate of drug-likeness (QED) is 0.739. The standard InChI is InChI=1S/C12H17NO2/c1-10-9-15-7-6-13(10)11-4-3-5-12(8-11)14-2/h3-5,8,10H,6-7,9H2,1-2H3/t10-/m0/s1. The Morgan fingerprint density at radius 1 is 1.47 bits per heavy atom. The minimum absolute atomic E-state index is 0.436. The third kappa shape index (κ3) is 2.23. The lowest BCUT2D eigenvalue weighted by Crippen LogP contribution is -2.43. The SMILES string of the molecule is COc1cccc(N2CCOC[C@@H]2C)c1. The summed E-state index contributed by atoms with van der Waals surface area (Å²) in [6.45, 7) is 4.74. The van der Waals surface area contributed by atoms with Crippen LogP contribution in [0.3, 0.4) is 0 Å². The fourth-order valence-corrected chi connectivity index (χ4v) is 1.90. The molecule has 0 aromatic heterocycles. The monoisotopic (exact) mass is 207 g/mol. The number of anilines is 1.